The van der Waals surface area contributed by atoms with E-state index in [1.807, 2.05) is 0 Å². The Morgan fingerprint density at radius 3 is 2.58 bits per heavy atom. The number of nitrogens with one attached hydrogen (secondary N) is 1. The summed E-state index contributed by atoms with van der Waals surface area (Å²) in [6.45, 7) is 1.79. The van der Waals surface area contributed by atoms with E-state index in [1.54, 1.807) is 25.1 Å². The zero-order valence-electron chi connectivity index (χ0n) is 12.3. The summed E-state index contributed by atoms with van der Waals surface area (Å²) in [6.07, 6.45) is -4.55. The van der Waals surface area contributed by atoms with E-state index >= 15 is 0 Å². The largest absolute Gasteiger partial charge is 0.493 e. The van der Waals surface area contributed by atoms with Gasteiger partial charge in [-0.25, -0.2) is 0 Å². The first-order valence-electron chi connectivity index (χ1n) is 6.86. The van der Waals surface area contributed by atoms with Crippen molar-refractivity contribution in [1.29, 1.82) is 0 Å². The third-order valence-corrected chi connectivity index (χ3v) is 3.76. The van der Waals surface area contributed by atoms with Crippen LogP contribution < -0.4 is 0 Å². The van der Waals surface area contributed by atoms with Gasteiger partial charge in [-0.15, -0.1) is 5.11 Å². The Kier molecular flexibility index (Phi) is 3.96. The maximum atomic E-state index is 13.0. The Labute approximate surface area is 139 Å². The quantitative estimate of drug-likeness (QED) is 0.524. The molecule has 124 valence electrons. The first-order chi connectivity index (χ1) is 11.3. The molecule has 8 heteroatoms. The van der Waals surface area contributed by atoms with Crippen LogP contribution in [0.2, 0.25) is 5.02 Å². The van der Waals surface area contributed by atoms with Crippen LogP contribution in [0, 0.1) is 6.92 Å². The molecule has 0 saturated carbocycles. The maximum absolute atomic E-state index is 13.0. The van der Waals surface area contributed by atoms with Crippen LogP contribution in [0.5, 0.6) is 5.88 Å². The number of rotatable bonds is 2. The third-order valence-electron chi connectivity index (χ3n) is 3.52. The van der Waals surface area contributed by atoms with Crippen LogP contribution in [0.4, 0.5) is 24.5 Å². The van der Waals surface area contributed by atoms with Gasteiger partial charge in [0.05, 0.1) is 16.8 Å². The van der Waals surface area contributed by atoms with Crippen molar-refractivity contribution in [2.24, 2.45) is 10.2 Å². The number of H-pyrrole nitrogens is 1. The zero-order valence-corrected chi connectivity index (χ0v) is 13.1. The lowest BCUT2D eigenvalue weighted by Crippen LogP contribution is -2.05. The van der Waals surface area contributed by atoms with Crippen LogP contribution in [0.3, 0.4) is 0 Å². The number of para-hydroxylation sites is 1. The fourth-order valence-electron chi connectivity index (χ4n) is 2.32. The minimum atomic E-state index is -4.55. The van der Waals surface area contributed by atoms with Gasteiger partial charge in [-0.2, -0.15) is 18.3 Å². The predicted molar refractivity (Wildman–Crippen MR) is 85.3 cm³/mol. The second-order valence-electron chi connectivity index (χ2n) is 5.18. The van der Waals surface area contributed by atoms with Gasteiger partial charge in [0.25, 0.3) is 0 Å². The highest BCUT2D eigenvalue weighted by molar-refractivity contribution is 6.30. The number of fused-ring (bicyclic) bond motifs is 1. The van der Waals surface area contributed by atoms with Crippen molar-refractivity contribution in [3.8, 4) is 5.88 Å². The average molecular weight is 354 g/mol. The number of aryl methyl sites for hydroxylation is 1. The van der Waals surface area contributed by atoms with Gasteiger partial charge < -0.3 is 10.1 Å². The van der Waals surface area contributed by atoms with Crippen LogP contribution in [0.25, 0.3) is 10.9 Å². The molecule has 24 heavy (non-hydrogen) atoms. The highest BCUT2D eigenvalue weighted by Crippen LogP contribution is 2.42. The topological polar surface area (TPSA) is 60.7 Å². The Bertz CT molecular complexity index is 948. The highest BCUT2D eigenvalue weighted by atomic mass is 35.5. The van der Waals surface area contributed by atoms with Gasteiger partial charge in [0.2, 0.25) is 5.88 Å². The molecule has 0 unspecified atom stereocenters. The molecular weight excluding hydrogens is 343 g/mol. The molecule has 0 atom stereocenters. The lowest BCUT2D eigenvalue weighted by atomic mass is 10.1. The van der Waals surface area contributed by atoms with E-state index in [9.17, 15) is 18.3 Å². The molecule has 0 amide bonds. The number of alkyl halides is 3. The fraction of sp³-hybridized carbons (Fsp3) is 0.125. The van der Waals surface area contributed by atoms with Gasteiger partial charge in [-0.05, 0) is 30.7 Å². The molecule has 0 radical (unpaired) electrons. The van der Waals surface area contributed by atoms with Crippen LogP contribution in [-0.2, 0) is 6.18 Å². The molecule has 0 aliphatic carbocycles. The van der Waals surface area contributed by atoms with Crippen molar-refractivity contribution in [3.63, 3.8) is 0 Å². The number of nitrogens with zero attached hydrogens (tertiary/aromatic N) is 2. The van der Waals surface area contributed by atoms with Gasteiger partial charge in [0.15, 0.2) is 5.69 Å². The van der Waals surface area contributed by atoms with E-state index in [-0.39, 0.29) is 16.6 Å². The van der Waals surface area contributed by atoms with Gasteiger partial charge in [0.1, 0.15) is 0 Å². The summed E-state index contributed by atoms with van der Waals surface area (Å²) >= 11 is 5.89. The second kappa shape index (κ2) is 5.83. The summed E-state index contributed by atoms with van der Waals surface area (Å²) in [7, 11) is 0. The summed E-state index contributed by atoms with van der Waals surface area (Å²) in [5, 5.41) is 18.4. The van der Waals surface area contributed by atoms with Crippen molar-refractivity contribution in [1.82, 2.24) is 4.98 Å². The molecule has 0 spiro atoms. The van der Waals surface area contributed by atoms with E-state index in [0.717, 1.165) is 11.6 Å². The molecule has 2 aromatic carbocycles. The van der Waals surface area contributed by atoms with Crippen molar-refractivity contribution >= 4 is 33.9 Å². The normalized spacial score (nSPS) is 12.4. The molecule has 2 N–H and O–H groups in total. The molecule has 0 saturated heterocycles. The number of benzene rings is 2. The maximum Gasteiger partial charge on any atom is 0.418 e. The molecule has 0 fully saturated rings. The highest BCUT2D eigenvalue weighted by Gasteiger charge is 2.34. The number of azo groups is 1. The number of hydrogen-bond acceptors (Lipinski definition) is 3. The van der Waals surface area contributed by atoms with Crippen LogP contribution in [0.1, 0.15) is 11.1 Å². The number of aromatic hydroxyl groups is 1. The summed E-state index contributed by atoms with van der Waals surface area (Å²) in [5.41, 5.74) is 0.0760. The van der Waals surface area contributed by atoms with Gasteiger partial charge in [-0.1, -0.05) is 29.8 Å². The molecular formula is C16H11ClF3N3O. The van der Waals surface area contributed by atoms with Crippen molar-refractivity contribution in [3.05, 3.63) is 52.5 Å². The average Bonchev–Trinajstić information content (AvgIpc) is 2.82. The predicted octanol–water partition coefficient (Wildman–Crippen LogP) is 6.27. The lowest BCUT2D eigenvalue weighted by Gasteiger charge is -2.07. The monoisotopic (exact) mass is 353 g/mol. The lowest BCUT2D eigenvalue weighted by molar-refractivity contribution is -0.136. The first kappa shape index (κ1) is 16.3. The molecule has 3 rings (SSSR count). The molecule has 1 heterocycles. The van der Waals surface area contributed by atoms with Gasteiger partial charge in [-0.3, -0.25) is 0 Å². The van der Waals surface area contributed by atoms with Crippen molar-refractivity contribution < 1.29 is 18.3 Å². The number of aromatic nitrogens is 1. The summed E-state index contributed by atoms with van der Waals surface area (Å²) < 4.78 is 39.1. The number of aromatic amines is 1. The van der Waals surface area contributed by atoms with E-state index in [1.165, 1.54) is 12.1 Å². The Hall–Kier alpha value is -2.54. The Morgan fingerprint density at radius 2 is 1.88 bits per heavy atom. The molecule has 3 aromatic rings. The third kappa shape index (κ3) is 2.94. The fourth-order valence-corrected chi connectivity index (χ4v) is 2.49. The molecule has 0 bridgehead atoms. The molecule has 1 aromatic heterocycles. The summed E-state index contributed by atoms with van der Waals surface area (Å²) in [6, 6.07) is 8.62. The van der Waals surface area contributed by atoms with Gasteiger partial charge in [0, 0.05) is 10.4 Å². The van der Waals surface area contributed by atoms with E-state index in [0.29, 0.717) is 10.7 Å². The van der Waals surface area contributed by atoms with Gasteiger partial charge >= 0.3 is 6.18 Å². The smallest absolute Gasteiger partial charge is 0.418 e. The van der Waals surface area contributed by atoms with Crippen LogP contribution in [-0.4, -0.2) is 10.1 Å². The van der Waals surface area contributed by atoms with E-state index < -0.39 is 17.6 Å². The second-order valence-corrected chi connectivity index (χ2v) is 5.62. The summed E-state index contributed by atoms with van der Waals surface area (Å²) in [5.74, 6) is -0.481. The standard InChI is InChI=1S/C16H11ClF3N3O/c1-8-5-6-9(17)7-12(8)22-23-14-10-3-2-4-11(16(18,19)20)13(10)21-15(14)24/h2-7,21,24H,1H3. The summed E-state index contributed by atoms with van der Waals surface area (Å²) in [4.78, 5) is 2.32. The van der Waals surface area contributed by atoms with Crippen molar-refractivity contribution in [2.45, 2.75) is 13.1 Å². The van der Waals surface area contributed by atoms with Crippen LogP contribution >= 0.6 is 11.6 Å². The zero-order chi connectivity index (χ0) is 17.5. The van der Waals surface area contributed by atoms with E-state index in [4.69, 9.17) is 11.6 Å². The minimum Gasteiger partial charge on any atom is -0.493 e. The van der Waals surface area contributed by atoms with Crippen LogP contribution in [0.15, 0.2) is 46.6 Å². The SMILES string of the molecule is Cc1ccc(Cl)cc1N=Nc1c(O)[nH]c2c(C(F)(F)F)cccc12. The Balaban J connectivity index is 2.12. The Morgan fingerprint density at radius 1 is 1.12 bits per heavy atom. The first-order valence-corrected chi connectivity index (χ1v) is 7.24. The van der Waals surface area contributed by atoms with E-state index in [2.05, 4.69) is 15.2 Å². The molecule has 0 aliphatic rings. The number of halogens is 4. The number of hydrogen-bond donors (Lipinski definition) is 2. The minimum absolute atomic E-state index is 0.0597. The molecule has 4 nitrogen and oxygen atoms in total. The molecule has 0 aliphatic heterocycles. The van der Waals surface area contributed by atoms with Crippen molar-refractivity contribution in [2.75, 3.05) is 0 Å².